The second-order valence-corrected chi connectivity index (χ2v) is 4.47. The monoisotopic (exact) mass is 184 g/mol. The summed E-state index contributed by atoms with van der Waals surface area (Å²) in [4.78, 5) is 2.53. The van der Waals surface area contributed by atoms with Crippen LogP contribution in [0.4, 0.5) is 0 Å². The maximum Gasteiger partial charge on any atom is 0.0472 e. The molecule has 2 saturated heterocycles. The van der Waals surface area contributed by atoms with Crippen molar-refractivity contribution in [3.8, 4) is 0 Å². The number of hydrogen-bond acceptors (Lipinski definition) is 3. The van der Waals surface area contributed by atoms with Crippen molar-refractivity contribution in [3.63, 3.8) is 0 Å². The first kappa shape index (κ1) is 9.44. The Balaban J connectivity index is 1.69. The average Bonchev–Trinajstić information content (AvgIpc) is 2.13. The first-order valence-corrected chi connectivity index (χ1v) is 5.35. The summed E-state index contributed by atoms with van der Waals surface area (Å²) < 4.78 is 5.38. The average molecular weight is 184 g/mol. The summed E-state index contributed by atoms with van der Waals surface area (Å²) in [5.74, 6) is 0. The lowest BCUT2D eigenvalue weighted by Gasteiger charge is -2.52. The van der Waals surface area contributed by atoms with Crippen molar-refractivity contribution in [3.05, 3.63) is 0 Å². The lowest BCUT2D eigenvalue weighted by atomic mass is 9.73. The van der Waals surface area contributed by atoms with Crippen LogP contribution in [0.15, 0.2) is 0 Å². The Hall–Kier alpha value is -0.120. The van der Waals surface area contributed by atoms with E-state index in [4.69, 9.17) is 10.5 Å². The van der Waals surface area contributed by atoms with E-state index in [9.17, 15) is 0 Å². The van der Waals surface area contributed by atoms with Crippen LogP contribution in [0.3, 0.4) is 0 Å². The van der Waals surface area contributed by atoms with Gasteiger partial charge in [0.25, 0.3) is 0 Å². The summed E-state index contributed by atoms with van der Waals surface area (Å²) >= 11 is 0. The maximum atomic E-state index is 5.48. The van der Waals surface area contributed by atoms with Crippen LogP contribution in [-0.2, 0) is 4.74 Å². The molecule has 0 aromatic heterocycles. The SMILES string of the molecule is NCCCN1CC2(CCOCC2)C1. The highest BCUT2D eigenvalue weighted by atomic mass is 16.5. The molecular weight excluding hydrogens is 164 g/mol. The molecular formula is C10H20N2O. The van der Waals surface area contributed by atoms with E-state index in [-0.39, 0.29) is 0 Å². The van der Waals surface area contributed by atoms with Crippen LogP contribution in [0.1, 0.15) is 19.3 Å². The minimum atomic E-state index is 0.632. The zero-order chi connectivity index (χ0) is 9.15. The lowest BCUT2D eigenvalue weighted by molar-refractivity contribution is -0.0802. The van der Waals surface area contributed by atoms with E-state index in [0.717, 1.165) is 26.2 Å². The fraction of sp³-hybridized carbons (Fsp3) is 1.00. The fourth-order valence-electron chi connectivity index (χ4n) is 2.50. The second-order valence-electron chi connectivity index (χ2n) is 4.47. The molecule has 76 valence electrons. The Morgan fingerprint density at radius 3 is 2.54 bits per heavy atom. The largest absolute Gasteiger partial charge is 0.381 e. The van der Waals surface area contributed by atoms with Crippen molar-refractivity contribution >= 4 is 0 Å². The van der Waals surface area contributed by atoms with Crippen LogP contribution < -0.4 is 5.73 Å². The minimum absolute atomic E-state index is 0.632. The van der Waals surface area contributed by atoms with Gasteiger partial charge in [-0.05, 0) is 32.4 Å². The van der Waals surface area contributed by atoms with Gasteiger partial charge in [0.2, 0.25) is 0 Å². The Labute approximate surface area is 80.2 Å². The molecule has 0 aromatic rings. The molecule has 0 unspecified atom stereocenters. The van der Waals surface area contributed by atoms with Gasteiger partial charge in [0.1, 0.15) is 0 Å². The normalized spacial score (nSPS) is 27.5. The molecule has 2 N–H and O–H groups in total. The Morgan fingerprint density at radius 1 is 1.23 bits per heavy atom. The summed E-state index contributed by atoms with van der Waals surface area (Å²) in [7, 11) is 0. The molecule has 0 bridgehead atoms. The predicted octanol–water partition coefficient (Wildman–Crippen LogP) is 0.448. The Morgan fingerprint density at radius 2 is 1.92 bits per heavy atom. The molecule has 1 spiro atoms. The third kappa shape index (κ3) is 2.03. The van der Waals surface area contributed by atoms with Gasteiger partial charge in [-0.25, -0.2) is 0 Å². The van der Waals surface area contributed by atoms with Gasteiger partial charge in [0, 0.05) is 31.7 Å². The maximum absolute atomic E-state index is 5.48. The number of nitrogens with zero attached hydrogens (tertiary/aromatic N) is 1. The molecule has 2 heterocycles. The van der Waals surface area contributed by atoms with Crippen LogP contribution in [0.25, 0.3) is 0 Å². The highest BCUT2D eigenvalue weighted by Crippen LogP contribution is 2.39. The van der Waals surface area contributed by atoms with Gasteiger partial charge in [-0.2, -0.15) is 0 Å². The Bertz CT molecular complexity index is 158. The van der Waals surface area contributed by atoms with Gasteiger partial charge in [-0.3, -0.25) is 0 Å². The van der Waals surface area contributed by atoms with Crippen LogP contribution in [0.5, 0.6) is 0 Å². The summed E-state index contributed by atoms with van der Waals surface area (Å²) in [5, 5.41) is 0. The first-order chi connectivity index (χ1) is 6.35. The molecule has 2 fully saturated rings. The molecule has 3 heteroatoms. The van der Waals surface area contributed by atoms with Crippen molar-refractivity contribution in [1.29, 1.82) is 0 Å². The number of rotatable bonds is 3. The highest BCUT2D eigenvalue weighted by Gasteiger charge is 2.42. The third-order valence-corrected chi connectivity index (χ3v) is 3.35. The van der Waals surface area contributed by atoms with Gasteiger partial charge in [0.05, 0.1) is 0 Å². The number of likely N-dealkylation sites (tertiary alicyclic amines) is 1. The van der Waals surface area contributed by atoms with E-state index in [0.29, 0.717) is 5.41 Å². The molecule has 0 saturated carbocycles. The van der Waals surface area contributed by atoms with E-state index in [1.165, 1.54) is 32.5 Å². The van der Waals surface area contributed by atoms with Gasteiger partial charge >= 0.3 is 0 Å². The topological polar surface area (TPSA) is 38.5 Å². The van der Waals surface area contributed by atoms with Crippen molar-refractivity contribution < 1.29 is 4.74 Å². The molecule has 0 radical (unpaired) electrons. The van der Waals surface area contributed by atoms with Gasteiger partial charge in [0.15, 0.2) is 0 Å². The Kier molecular flexibility index (Phi) is 2.86. The fourth-order valence-corrected chi connectivity index (χ4v) is 2.50. The van der Waals surface area contributed by atoms with Gasteiger partial charge < -0.3 is 15.4 Å². The molecule has 0 aliphatic carbocycles. The van der Waals surface area contributed by atoms with Crippen molar-refractivity contribution in [2.45, 2.75) is 19.3 Å². The summed E-state index contributed by atoms with van der Waals surface area (Å²) in [6, 6.07) is 0. The van der Waals surface area contributed by atoms with Crippen LogP contribution in [-0.4, -0.2) is 44.3 Å². The number of ether oxygens (including phenoxy) is 1. The van der Waals surface area contributed by atoms with Gasteiger partial charge in [-0.1, -0.05) is 0 Å². The molecule has 13 heavy (non-hydrogen) atoms. The smallest absolute Gasteiger partial charge is 0.0472 e. The minimum Gasteiger partial charge on any atom is -0.381 e. The standard InChI is InChI=1S/C10H20N2O/c11-4-1-5-12-8-10(9-12)2-6-13-7-3-10/h1-9,11H2. The van der Waals surface area contributed by atoms with Crippen LogP contribution in [0.2, 0.25) is 0 Å². The molecule has 2 rings (SSSR count). The van der Waals surface area contributed by atoms with Crippen molar-refractivity contribution in [2.75, 3.05) is 39.4 Å². The summed E-state index contributed by atoms with van der Waals surface area (Å²) in [6.45, 7) is 6.55. The van der Waals surface area contributed by atoms with E-state index >= 15 is 0 Å². The van der Waals surface area contributed by atoms with E-state index in [1.807, 2.05) is 0 Å². The zero-order valence-corrected chi connectivity index (χ0v) is 8.30. The zero-order valence-electron chi connectivity index (χ0n) is 8.30. The molecule has 2 aliphatic rings. The molecule has 3 nitrogen and oxygen atoms in total. The molecule has 0 aromatic carbocycles. The van der Waals surface area contributed by atoms with Gasteiger partial charge in [-0.15, -0.1) is 0 Å². The van der Waals surface area contributed by atoms with Crippen molar-refractivity contribution in [1.82, 2.24) is 4.90 Å². The molecule has 2 aliphatic heterocycles. The molecule has 0 amide bonds. The van der Waals surface area contributed by atoms with E-state index in [2.05, 4.69) is 4.90 Å². The lowest BCUT2D eigenvalue weighted by Crippen LogP contribution is -2.58. The number of hydrogen-bond donors (Lipinski definition) is 1. The van der Waals surface area contributed by atoms with E-state index in [1.54, 1.807) is 0 Å². The summed E-state index contributed by atoms with van der Waals surface area (Å²) in [5.41, 5.74) is 6.11. The molecule has 0 atom stereocenters. The second kappa shape index (κ2) is 3.95. The first-order valence-electron chi connectivity index (χ1n) is 5.35. The van der Waals surface area contributed by atoms with Crippen molar-refractivity contribution in [2.24, 2.45) is 11.1 Å². The highest BCUT2D eigenvalue weighted by molar-refractivity contribution is 4.95. The van der Waals surface area contributed by atoms with Crippen LogP contribution >= 0.6 is 0 Å². The summed E-state index contributed by atoms with van der Waals surface area (Å²) in [6.07, 6.45) is 3.69. The predicted molar refractivity (Wildman–Crippen MR) is 52.6 cm³/mol. The van der Waals surface area contributed by atoms with Crippen LogP contribution in [0, 0.1) is 5.41 Å². The third-order valence-electron chi connectivity index (χ3n) is 3.35. The van der Waals surface area contributed by atoms with E-state index < -0.39 is 0 Å². The number of nitrogens with two attached hydrogens (primary N) is 1. The quantitative estimate of drug-likeness (QED) is 0.692.